The Hall–Kier alpha value is -4.45. The van der Waals surface area contributed by atoms with Gasteiger partial charge in [0.1, 0.15) is 0 Å². The average molecular weight is 575 g/mol. The lowest BCUT2D eigenvalue weighted by Crippen LogP contribution is -2.55. The van der Waals surface area contributed by atoms with Crippen molar-refractivity contribution in [2.24, 2.45) is 0 Å². The van der Waals surface area contributed by atoms with Gasteiger partial charge in [-0.15, -0.1) is 10.2 Å². The molecule has 0 spiro atoms. The summed E-state index contributed by atoms with van der Waals surface area (Å²) >= 11 is 1.54. The van der Waals surface area contributed by atoms with Crippen molar-refractivity contribution in [2.45, 2.75) is 37.9 Å². The van der Waals surface area contributed by atoms with Crippen LogP contribution in [0, 0.1) is 17.0 Å². The number of hydrogen-bond donors (Lipinski definition) is 0. The van der Waals surface area contributed by atoms with Gasteiger partial charge in [-0.2, -0.15) is 0 Å². The summed E-state index contributed by atoms with van der Waals surface area (Å²) in [5.74, 6) is 1.79. The van der Waals surface area contributed by atoms with Crippen molar-refractivity contribution in [3.05, 3.63) is 88.2 Å². The Bertz CT molecular complexity index is 1520. The Morgan fingerprint density at radius 2 is 1.83 bits per heavy atom. The minimum atomic E-state index is -0.493. The molecule has 1 fully saturated rings. The minimum absolute atomic E-state index is 0.0520. The number of carbonyl (C=O) groups is 2. The molecule has 5 rings (SSSR count). The van der Waals surface area contributed by atoms with Gasteiger partial charge in [-0.05, 0) is 56.7 Å². The quantitative estimate of drug-likeness (QED) is 0.118. The predicted octanol–water partition coefficient (Wildman–Crippen LogP) is 4.99. The van der Waals surface area contributed by atoms with Crippen LogP contribution in [0.5, 0.6) is 0 Å². The van der Waals surface area contributed by atoms with Gasteiger partial charge in [-0.3, -0.25) is 24.3 Å². The summed E-state index contributed by atoms with van der Waals surface area (Å²) in [6, 6.07) is 17.2. The molecule has 2 aromatic carbocycles. The maximum absolute atomic E-state index is 13.0. The lowest BCUT2D eigenvalue weighted by molar-refractivity contribution is -0.384. The summed E-state index contributed by atoms with van der Waals surface area (Å²) in [7, 11) is 0. The third kappa shape index (κ3) is 6.32. The van der Waals surface area contributed by atoms with Crippen LogP contribution >= 0.6 is 11.8 Å². The first-order valence-electron chi connectivity index (χ1n) is 13.3. The molecule has 1 aliphatic heterocycles. The molecule has 41 heavy (non-hydrogen) atoms. The highest BCUT2D eigenvalue weighted by Crippen LogP contribution is 2.29. The SMILES string of the molecule is Cc1ccc(-n2c(SCCCC(=O)N3CCN(C(=O)c4ccc([N+](=O)[O-])cc4)C(C)C3)nnc2-c2ccco2)cc1. The van der Waals surface area contributed by atoms with Gasteiger partial charge in [-0.25, -0.2) is 0 Å². The minimum Gasteiger partial charge on any atom is -0.461 e. The molecular formula is C29H30N6O5S. The molecule has 0 N–H and O–H groups in total. The lowest BCUT2D eigenvalue weighted by Gasteiger charge is -2.40. The number of carbonyl (C=O) groups excluding carboxylic acids is 2. The van der Waals surface area contributed by atoms with Crippen molar-refractivity contribution >= 4 is 29.3 Å². The molecular weight excluding hydrogens is 544 g/mol. The van der Waals surface area contributed by atoms with E-state index in [4.69, 9.17) is 4.42 Å². The fraction of sp³-hybridized carbons (Fsp3) is 0.310. The highest BCUT2D eigenvalue weighted by molar-refractivity contribution is 7.99. The molecule has 12 heteroatoms. The molecule has 1 saturated heterocycles. The average Bonchev–Trinajstić information content (AvgIpc) is 3.66. The van der Waals surface area contributed by atoms with Crippen molar-refractivity contribution in [3.8, 4) is 17.3 Å². The summed E-state index contributed by atoms with van der Waals surface area (Å²) in [4.78, 5) is 39.9. The summed E-state index contributed by atoms with van der Waals surface area (Å²) in [5.41, 5.74) is 2.42. The fourth-order valence-corrected chi connectivity index (χ4v) is 5.67. The zero-order valence-electron chi connectivity index (χ0n) is 22.8. The Kier molecular flexibility index (Phi) is 8.48. The van der Waals surface area contributed by atoms with E-state index in [1.165, 1.54) is 36.0 Å². The van der Waals surface area contributed by atoms with E-state index in [9.17, 15) is 19.7 Å². The van der Waals surface area contributed by atoms with Crippen molar-refractivity contribution in [2.75, 3.05) is 25.4 Å². The number of thioether (sulfide) groups is 1. The Morgan fingerprint density at radius 1 is 1.07 bits per heavy atom. The third-order valence-electron chi connectivity index (χ3n) is 7.00. The van der Waals surface area contributed by atoms with Crippen LogP contribution in [0.3, 0.4) is 0 Å². The van der Waals surface area contributed by atoms with Crippen LogP contribution in [0.4, 0.5) is 5.69 Å². The predicted molar refractivity (Wildman–Crippen MR) is 154 cm³/mol. The van der Waals surface area contributed by atoms with E-state index >= 15 is 0 Å². The highest BCUT2D eigenvalue weighted by atomic mass is 32.2. The summed E-state index contributed by atoms with van der Waals surface area (Å²) in [5, 5.41) is 20.4. The van der Waals surface area contributed by atoms with E-state index in [-0.39, 0.29) is 23.5 Å². The number of hydrogen-bond acceptors (Lipinski definition) is 8. The van der Waals surface area contributed by atoms with Crippen molar-refractivity contribution < 1.29 is 18.9 Å². The standard InChI is InChI=1S/C29H30N6O5S/c1-20-7-11-23(12-8-20)34-27(25-5-3-17-40-25)30-31-29(34)41-18-4-6-26(36)32-15-16-33(21(2)19-32)28(37)22-9-13-24(14-10-22)35(38)39/h3,5,7-14,17,21H,4,6,15-16,18-19H2,1-2H3. The van der Waals surface area contributed by atoms with Crippen molar-refractivity contribution in [1.29, 1.82) is 0 Å². The number of benzene rings is 2. The number of nitro benzene ring substituents is 1. The van der Waals surface area contributed by atoms with Gasteiger partial charge in [0, 0.05) is 61.2 Å². The van der Waals surface area contributed by atoms with Gasteiger partial charge in [-0.1, -0.05) is 29.5 Å². The van der Waals surface area contributed by atoms with E-state index in [1.807, 2.05) is 54.8 Å². The second-order valence-electron chi connectivity index (χ2n) is 9.90. The van der Waals surface area contributed by atoms with Crippen LogP contribution in [-0.2, 0) is 4.79 Å². The summed E-state index contributed by atoms with van der Waals surface area (Å²) in [6.07, 6.45) is 2.66. The van der Waals surface area contributed by atoms with Gasteiger partial charge in [0.05, 0.1) is 11.2 Å². The maximum atomic E-state index is 13.0. The largest absolute Gasteiger partial charge is 0.461 e. The maximum Gasteiger partial charge on any atom is 0.269 e. The third-order valence-corrected chi connectivity index (χ3v) is 8.01. The van der Waals surface area contributed by atoms with E-state index in [0.29, 0.717) is 55.4 Å². The van der Waals surface area contributed by atoms with Gasteiger partial charge in [0.2, 0.25) is 11.7 Å². The number of aromatic nitrogens is 3. The lowest BCUT2D eigenvalue weighted by atomic mass is 10.1. The Morgan fingerprint density at radius 3 is 2.49 bits per heavy atom. The zero-order valence-corrected chi connectivity index (χ0v) is 23.6. The molecule has 0 aliphatic carbocycles. The molecule has 4 aromatic rings. The molecule has 0 radical (unpaired) electrons. The molecule has 11 nitrogen and oxygen atoms in total. The van der Waals surface area contributed by atoms with Gasteiger partial charge in [0.15, 0.2) is 10.9 Å². The number of rotatable bonds is 9. The number of nitrogens with zero attached hydrogens (tertiary/aromatic N) is 6. The number of furan rings is 1. The monoisotopic (exact) mass is 574 g/mol. The molecule has 212 valence electrons. The highest BCUT2D eigenvalue weighted by Gasteiger charge is 2.30. The van der Waals surface area contributed by atoms with E-state index in [0.717, 1.165) is 16.4 Å². The van der Waals surface area contributed by atoms with Crippen LogP contribution in [-0.4, -0.2) is 72.7 Å². The molecule has 2 aromatic heterocycles. The normalized spacial score (nSPS) is 15.2. The summed E-state index contributed by atoms with van der Waals surface area (Å²) in [6.45, 7) is 5.25. The van der Waals surface area contributed by atoms with Crippen LogP contribution in [0.25, 0.3) is 17.3 Å². The zero-order chi connectivity index (χ0) is 28.9. The molecule has 1 unspecified atom stereocenters. The molecule has 1 aliphatic rings. The second kappa shape index (κ2) is 12.4. The fourth-order valence-electron chi connectivity index (χ4n) is 4.78. The van der Waals surface area contributed by atoms with Crippen LogP contribution < -0.4 is 0 Å². The first kappa shape index (κ1) is 28.1. The molecule has 2 amide bonds. The summed E-state index contributed by atoms with van der Waals surface area (Å²) < 4.78 is 7.55. The Balaban J connectivity index is 1.15. The molecule has 0 bridgehead atoms. The molecule has 1 atom stereocenters. The van der Waals surface area contributed by atoms with Gasteiger partial charge >= 0.3 is 0 Å². The van der Waals surface area contributed by atoms with E-state index < -0.39 is 4.92 Å². The van der Waals surface area contributed by atoms with Crippen LogP contribution in [0.2, 0.25) is 0 Å². The number of aryl methyl sites for hydroxylation is 1. The van der Waals surface area contributed by atoms with Crippen LogP contribution in [0.15, 0.2) is 76.5 Å². The van der Waals surface area contributed by atoms with E-state index in [1.54, 1.807) is 16.1 Å². The van der Waals surface area contributed by atoms with E-state index in [2.05, 4.69) is 10.2 Å². The number of amides is 2. The van der Waals surface area contributed by atoms with Crippen LogP contribution in [0.1, 0.15) is 35.7 Å². The van der Waals surface area contributed by atoms with Gasteiger partial charge < -0.3 is 14.2 Å². The van der Waals surface area contributed by atoms with Gasteiger partial charge in [0.25, 0.3) is 11.6 Å². The number of nitro groups is 1. The molecule has 3 heterocycles. The smallest absolute Gasteiger partial charge is 0.269 e. The number of non-ortho nitro benzene ring substituents is 1. The second-order valence-corrected chi connectivity index (χ2v) is 11.0. The van der Waals surface area contributed by atoms with Crippen molar-refractivity contribution in [3.63, 3.8) is 0 Å². The van der Waals surface area contributed by atoms with Crippen molar-refractivity contribution in [1.82, 2.24) is 24.6 Å². The Labute approximate surface area is 241 Å². The topological polar surface area (TPSA) is 128 Å². The number of piperazine rings is 1. The first-order chi connectivity index (χ1) is 19.8. The first-order valence-corrected chi connectivity index (χ1v) is 14.3. The molecule has 0 saturated carbocycles.